The second-order valence-corrected chi connectivity index (χ2v) is 5.31. The summed E-state index contributed by atoms with van der Waals surface area (Å²) in [7, 11) is 0. The van der Waals surface area contributed by atoms with E-state index in [1.54, 1.807) is 10.9 Å². The third-order valence-corrected chi connectivity index (χ3v) is 4.22. The first-order valence-corrected chi connectivity index (χ1v) is 6.68. The predicted molar refractivity (Wildman–Crippen MR) is 62.5 cm³/mol. The van der Waals surface area contributed by atoms with E-state index in [9.17, 15) is 4.79 Å². The number of amides is 1. The summed E-state index contributed by atoms with van der Waals surface area (Å²) in [5, 5.41) is 4.92. The molecule has 3 saturated heterocycles. The van der Waals surface area contributed by atoms with Crippen molar-refractivity contribution >= 4 is 17.2 Å². The van der Waals surface area contributed by atoms with Crippen molar-refractivity contribution in [1.29, 1.82) is 0 Å². The highest BCUT2D eigenvalue weighted by Crippen LogP contribution is 2.27. The van der Waals surface area contributed by atoms with Gasteiger partial charge in [0.15, 0.2) is 0 Å². The maximum absolute atomic E-state index is 11.9. The first-order valence-electron chi connectivity index (χ1n) is 5.74. The Kier molecular flexibility index (Phi) is 2.65. The molecule has 4 heterocycles. The number of nitrogens with one attached hydrogen (secondary N) is 1. The molecule has 0 spiro atoms. The minimum absolute atomic E-state index is 0.0139. The first-order chi connectivity index (χ1) is 7.83. The van der Waals surface area contributed by atoms with E-state index in [2.05, 4.69) is 15.2 Å². The van der Waals surface area contributed by atoms with Gasteiger partial charge in [0.05, 0.1) is 5.51 Å². The summed E-state index contributed by atoms with van der Waals surface area (Å²) in [6.07, 6.45) is 2.45. The van der Waals surface area contributed by atoms with Crippen molar-refractivity contribution in [1.82, 2.24) is 15.2 Å². The molecule has 1 N–H and O–H groups in total. The molecule has 0 aromatic carbocycles. The van der Waals surface area contributed by atoms with Gasteiger partial charge in [-0.15, -0.1) is 11.3 Å². The topological polar surface area (TPSA) is 45.2 Å². The molecule has 3 fully saturated rings. The maximum Gasteiger partial charge on any atom is 0.271 e. The fourth-order valence-electron chi connectivity index (χ4n) is 2.70. The molecule has 3 aliphatic heterocycles. The van der Waals surface area contributed by atoms with E-state index in [0.29, 0.717) is 17.7 Å². The van der Waals surface area contributed by atoms with Crippen molar-refractivity contribution in [3.05, 3.63) is 16.6 Å². The second kappa shape index (κ2) is 4.14. The largest absolute Gasteiger partial charge is 0.346 e. The zero-order valence-corrected chi connectivity index (χ0v) is 9.87. The van der Waals surface area contributed by atoms with E-state index in [4.69, 9.17) is 0 Å². The van der Waals surface area contributed by atoms with Gasteiger partial charge in [0.1, 0.15) is 5.69 Å². The average molecular weight is 237 g/mol. The Balaban J connectivity index is 1.65. The lowest BCUT2D eigenvalue weighted by molar-refractivity contribution is 0.0618. The van der Waals surface area contributed by atoms with Gasteiger partial charge >= 0.3 is 0 Å². The van der Waals surface area contributed by atoms with Crippen LogP contribution >= 0.6 is 11.3 Å². The Morgan fingerprint density at radius 3 is 2.88 bits per heavy atom. The highest BCUT2D eigenvalue weighted by molar-refractivity contribution is 7.07. The third-order valence-electron chi connectivity index (χ3n) is 3.64. The van der Waals surface area contributed by atoms with Gasteiger partial charge in [-0.25, -0.2) is 4.98 Å². The zero-order valence-electron chi connectivity index (χ0n) is 9.06. The molecule has 0 saturated carbocycles. The van der Waals surface area contributed by atoms with Crippen molar-refractivity contribution in [2.24, 2.45) is 5.92 Å². The Morgan fingerprint density at radius 2 is 2.31 bits per heavy atom. The lowest BCUT2D eigenvalue weighted by atomic mass is 9.84. The van der Waals surface area contributed by atoms with Gasteiger partial charge in [-0.2, -0.15) is 0 Å². The number of carbonyl (C=O) groups is 1. The molecule has 86 valence electrons. The number of hydrogen-bond donors (Lipinski definition) is 1. The lowest BCUT2D eigenvalue weighted by Crippen LogP contribution is -2.57. The summed E-state index contributed by atoms with van der Waals surface area (Å²) in [6, 6.07) is 0.330. The summed E-state index contributed by atoms with van der Waals surface area (Å²) in [5.74, 6) is 0.660. The van der Waals surface area contributed by atoms with Gasteiger partial charge in [0.25, 0.3) is 5.91 Å². The molecule has 1 amide bonds. The summed E-state index contributed by atoms with van der Waals surface area (Å²) >= 11 is 1.46. The van der Waals surface area contributed by atoms with E-state index < -0.39 is 0 Å². The van der Waals surface area contributed by atoms with Gasteiger partial charge in [-0.05, 0) is 31.8 Å². The second-order valence-electron chi connectivity index (χ2n) is 4.59. The molecular formula is C11H15N3OS. The minimum atomic E-state index is -0.0139. The Bertz CT molecular complexity index is 371. The van der Waals surface area contributed by atoms with Crippen molar-refractivity contribution in [2.45, 2.75) is 18.9 Å². The normalized spacial score (nSPS) is 32.6. The lowest BCUT2D eigenvalue weighted by Gasteiger charge is -2.44. The van der Waals surface area contributed by atoms with Gasteiger partial charge in [-0.3, -0.25) is 4.79 Å². The molecule has 2 bridgehead atoms. The summed E-state index contributed by atoms with van der Waals surface area (Å²) in [4.78, 5) is 18.3. The van der Waals surface area contributed by atoms with Crippen LogP contribution in [-0.2, 0) is 0 Å². The molecule has 0 aliphatic carbocycles. The predicted octanol–water partition coefficient (Wildman–Crippen LogP) is 0.967. The van der Waals surface area contributed by atoms with Gasteiger partial charge < -0.3 is 10.2 Å². The molecule has 5 heteroatoms. The van der Waals surface area contributed by atoms with Crippen LogP contribution in [0.15, 0.2) is 10.9 Å². The molecule has 0 radical (unpaired) electrons. The molecular weight excluding hydrogens is 222 g/mol. The molecule has 3 aliphatic rings. The van der Waals surface area contributed by atoms with Crippen molar-refractivity contribution in [2.75, 3.05) is 19.6 Å². The van der Waals surface area contributed by atoms with E-state index in [1.807, 2.05) is 0 Å². The van der Waals surface area contributed by atoms with E-state index in [0.717, 1.165) is 6.54 Å². The highest BCUT2D eigenvalue weighted by Gasteiger charge is 2.35. The standard InChI is InChI=1S/C11H15N3OS/c15-11(10-6-16-7-12-10)13-9-5-14-3-1-8(9)2-4-14/h6-9H,1-5H2,(H,13,15). The van der Waals surface area contributed by atoms with Crippen LogP contribution in [-0.4, -0.2) is 41.5 Å². The van der Waals surface area contributed by atoms with Crippen molar-refractivity contribution < 1.29 is 4.79 Å². The Labute approximate surface area is 98.7 Å². The molecule has 1 aromatic heterocycles. The number of aromatic nitrogens is 1. The van der Waals surface area contributed by atoms with Crippen LogP contribution in [0.25, 0.3) is 0 Å². The number of piperidine rings is 3. The Morgan fingerprint density at radius 1 is 1.50 bits per heavy atom. The van der Waals surface area contributed by atoms with Gasteiger partial charge in [0, 0.05) is 18.0 Å². The van der Waals surface area contributed by atoms with Crippen molar-refractivity contribution in [3.8, 4) is 0 Å². The molecule has 1 unspecified atom stereocenters. The van der Waals surface area contributed by atoms with Crippen LogP contribution in [0.3, 0.4) is 0 Å². The number of nitrogens with zero attached hydrogens (tertiary/aromatic N) is 2. The van der Waals surface area contributed by atoms with Crippen LogP contribution in [0.1, 0.15) is 23.3 Å². The van der Waals surface area contributed by atoms with E-state index in [1.165, 1.54) is 37.3 Å². The SMILES string of the molecule is O=C(NC1CN2CCC1CC2)c1cscn1. The maximum atomic E-state index is 11.9. The van der Waals surface area contributed by atoms with Gasteiger partial charge in [0.2, 0.25) is 0 Å². The first kappa shape index (κ1) is 10.2. The smallest absolute Gasteiger partial charge is 0.271 e. The van der Waals surface area contributed by atoms with Crippen LogP contribution in [0, 0.1) is 5.92 Å². The highest BCUT2D eigenvalue weighted by atomic mass is 32.1. The van der Waals surface area contributed by atoms with Gasteiger partial charge in [-0.1, -0.05) is 0 Å². The monoisotopic (exact) mass is 237 g/mol. The third kappa shape index (κ3) is 1.85. The van der Waals surface area contributed by atoms with Crippen LogP contribution < -0.4 is 5.32 Å². The molecule has 1 aromatic rings. The summed E-state index contributed by atoms with van der Waals surface area (Å²) in [5.41, 5.74) is 2.26. The quantitative estimate of drug-likeness (QED) is 0.833. The summed E-state index contributed by atoms with van der Waals surface area (Å²) < 4.78 is 0. The van der Waals surface area contributed by atoms with Crippen LogP contribution in [0.2, 0.25) is 0 Å². The minimum Gasteiger partial charge on any atom is -0.346 e. The fourth-order valence-corrected chi connectivity index (χ4v) is 3.23. The number of fused-ring (bicyclic) bond motifs is 3. The number of hydrogen-bond acceptors (Lipinski definition) is 4. The van der Waals surface area contributed by atoms with Crippen LogP contribution in [0.5, 0.6) is 0 Å². The number of thiazole rings is 1. The Hall–Kier alpha value is -0.940. The van der Waals surface area contributed by atoms with Crippen LogP contribution in [0.4, 0.5) is 0 Å². The molecule has 16 heavy (non-hydrogen) atoms. The zero-order chi connectivity index (χ0) is 11.0. The van der Waals surface area contributed by atoms with E-state index in [-0.39, 0.29) is 5.91 Å². The number of rotatable bonds is 2. The average Bonchev–Trinajstić information content (AvgIpc) is 2.84. The summed E-state index contributed by atoms with van der Waals surface area (Å²) in [6.45, 7) is 3.42. The van der Waals surface area contributed by atoms with E-state index >= 15 is 0 Å². The number of carbonyl (C=O) groups excluding carboxylic acids is 1. The molecule has 4 rings (SSSR count). The fraction of sp³-hybridized carbons (Fsp3) is 0.636. The van der Waals surface area contributed by atoms with Crippen molar-refractivity contribution in [3.63, 3.8) is 0 Å². The molecule has 4 nitrogen and oxygen atoms in total. The molecule has 1 atom stereocenters.